The minimum atomic E-state index is 0.621. The molecule has 1 aliphatic carbocycles. The Labute approximate surface area is 97.6 Å². The highest BCUT2D eigenvalue weighted by Crippen LogP contribution is 2.35. The number of fused-ring (bicyclic) bond motifs is 1. The van der Waals surface area contributed by atoms with Crippen LogP contribution < -0.4 is 10.2 Å². The zero-order valence-electron chi connectivity index (χ0n) is 9.95. The van der Waals surface area contributed by atoms with Crippen LogP contribution in [0, 0.1) is 5.92 Å². The van der Waals surface area contributed by atoms with E-state index in [9.17, 15) is 0 Å². The van der Waals surface area contributed by atoms with Crippen molar-refractivity contribution in [1.29, 1.82) is 0 Å². The zero-order chi connectivity index (χ0) is 11.0. The highest BCUT2D eigenvalue weighted by molar-refractivity contribution is 5.72. The first kappa shape index (κ1) is 10.0. The summed E-state index contributed by atoms with van der Waals surface area (Å²) in [6, 6.07) is 9.32. The van der Waals surface area contributed by atoms with Crippen LogP contribution in [0.25, 0.3) is 0 Å². The molecule has 1 fully saturated rings. The van der Waals surface area contributed by atoms with Gasteiger partial charge >= 0.3 is 0 Å². The molecule has 1 atom stereocenters. The Morgan fingerprint density at radius 1 is 1.31 bits per heavy atom. The Morgan fingerprint density at radius 3 is 2.88 bits per heavy atom. The van der Waals surface area contributed by atoms with Crippen molar-refractivity contribution in [2.24, 2.45) is 5.92 Å². The van der Waals surface area contributed by atoms with Crippen molar-refractivity contribution in [3.63, 3.8) is 0 Å². The van der Waals surface area contributed by atoms with Gasteiger partial charge in [0.15, 0.2) is 0 Å². The second-order valence-corrected chi connectivity index (χ2v) is 5.20. The van der Waals surface area contributed by atoms with Gasteiger partial charge in [0.2, 0.25) is 0 Å². The fraction of sp³-hybridized carbons (Fsp3) is 0.571. The standard InChI is InChI=1S/C14H20N2/c1-11-9-15-13-7-2-3-8-14(13)16(11)10-12-5-4-6-12/h2-3,7-8,11-12,15H,4-6,9-10H2,1H3. The molecule has 0 amide bonds. The molecule has 2 aliphatic rings. The molecule has 0 bridgehead atoms. The smallest absolute Gasteiger partial charge is 0.0605 e. The molecule has 1 unspecified atom stereocenters. The van der Waals surface area contributed by atoms with Gasteiger partial charge < -0.3 is 10.2 Å². The fourth-order valence-electron chi connectivity index (χ4n) is 2.71. The predicted octanol–water partition coefficient (Wildman–Crippen LogP) is 3.11. The van der Waals surface area contributed by atoms with E-state index in [0.29, 0.717) is 6.04 Å². The second-order valence-electron chi connectivity index (χ2n) is 5.20. The average Bonchev–Trinajstić information content (AvgIpc) is 2.25. The van der Waals surface area contributed by atoms with E-state index in [1.807, 2.05) is 0 Å². The molecule has 3 rings (SSSR count). The summed E-state index contributed by atoms with van der Waals surface area (Å²) in [5.74, 6) is 0.939. The van der Waals surface area contributed by atoms with Crippen LogP contribution in [0.5, 0.6) is 0 Å². The predicted molar refractivity (Wildman–Crippen MR) is 69.1 cm³/mol. The van der Waals surface area contributed by atoms with Gasteiger partial charge in [-0.25, -0.2) is 0 Å². The highest BCUT2D eigenvalue weighted by Gasteiger charge is 2.27. The van der Waals surface area contributed by atoms with Gasteiger partial charge in [-0.1, -0.05) is 18.6 Å². The first-order valence-electron chi connectivity index (χ1n) is 6.44. The monoisotopic (exact) mass is 216 g/mol. The molecule has 1 aliphatic heterocycles. The molecule has 2 heteroatoms. The van der Waals surface area contributed by atoms with Gasteiger partial charge in [-0.15, -0.1) is 0 Å². The first-order chi connectivity index (χ1) is 7.84. The van der Waals surface area contributed by atoms with Crippen LogP contribution in [-0.4, -0.2) is 19.1 Å². The lowest BCUT2D eigenvalue weighted by Crippen LogP contribution is -2.45. The normalized spacial score (nSPS) is 24.6. The Bertz CT molecular complexity index is 371. The molecule has 1 N–H and O–H groups in total. The lowest BCUT2D eigenvalue weighted by molar-refractivity contribution is 0.311. The topological polar surface area (TPSA) is 15.3 Å². The molecule has 1 saturated carbocycles. The summed E-state index contributed by atoms with van der Waals surface area (Å²) in [5, 5.41) is 3.51. The number of benzene rings is 1. The molecule has 86 valence electrons. The van der Waals surface area contributed by atoms with Gasteiger partial charge in [-0.05, 0) is 37.8 Å². The third kappa shape index (κ3) is 1.66. The highest BCUT2D eigenvalue weighted by atomic mass is 15.2. The summed E-state index contributed by atoms with van der Waals surface area (Å²) < 4.78 is 0. The third-order valence-corrected chi connectivity index (χ3v) is 4.01. The Kier molecular flexibility index (Phi) is 2.50. The summed E-state index contributed by atoms with van der Waals surface area (Å²) in [6.07, 6.45) is 4.30. The number of nitrogens with zero attached hydrogens (tertiary/aromatic N) is 1. The maximum Gasteiger partial charge on any atom is 0.0605 e. The SMILES string of the molecule is CC1CNc2ccccc2N1CC1CCC1. The Balaban J connectivity index is 1.84. The van der Waals surface area contributed by atoms with Crippen molar-refractivity contribution < 1.29 is 0 Å². The van der Waals surface area contributed by atoms with E-state index in [2.05, 4.69) is 41.4 Å². The van der Waals surface area contributed by atoms with Crippen LogP contribution in [0.1, 0.15) is 26.2 Å². The average molecular weight is 216 g/mol. The van der Waals surface area contributed by atoms with Gasteiger partial charge in [-0.2, -0.15) is 0 Å². The summed E-state index contributed by atoms with van der Waals surface area (Å²) in [7, 11) is 0. The van der Waals surface area contributed by atoms with Crippen molar-refractivity contribution in [3.05, 3.63) is 24.3 Å². The van der Waals surface area contributed by atoms with E-state index in [0.717, 1.165) is 12.5 Å². The summed E-state index contributed by atoms with van der Waals surface area (Å²) in [4.78, 5) is 2.59. The van der Waals surface area contributed by atoms with Gasteiger partial charge in [0.05, 0.1) is 11.4 Å². The van der Waals surface area contributed by atoms with Crippen LogP contribution in [-0.2, 0) is 0 Å². The lowest BCUT2D eigenvalue weighted by atomic mass is 9.84. The van der Waals surface area contributed by atoms with E-state index in [4.69, 9.17) is 0 Å². The van der Waals surface area contributed by atoms with E-state index < -0.39 is 0 Å². The minimum absolute atomic E-state index is 0.621. The molecule has 0 radical (unpaired) electrons. The molecule has 1 heterocycles. The number of nitrogens with one attached hydrogen (secondary N) is 1. The molecule has 0 aromatic heterocycles. The quantitative estimate of drug-likeness (QED) is 0.817. The number of para-hydroxylation sites is 2. The summed E-state index contributed by atoms with van der Waals surface area (Å²) in [5.41, 5.74) is 2.70. The van der Waals surface area contributed by atoms with Crippen molar-refractivity contribution in [2.75, 3.05) is 23.3 Å². The van der Waals surface area contributed by atoms with E-state index in [1.165, 1.54) is 37.2 Å². The molecular formula is C14H20N2. The van der Waals surface area contributed by atoms with Crippen molar-refractivity contribution in [1.82, 2.24) is 0 Å². The van der Waals surface area contributed by atoms with Gasteiger partial charge in [0, 0.05) is 19.1 Å². The summed E-state index contributed by atoms with van der Waals surface area (Å²) in [6.45, 7) is 4.64. The number of anilines is 2. The lowest BCUT2D eigenvalue weighted by Gasteiger charge is -2.41. The van der Waals surface area contributed by atoms with Crippen LogP contribution in [0.3, 0.4) is 0 Å². The zero-order valence-corrected chi connectivity index (χ0v) is 9.95. The third-order valence-electron chi connectivity index (χ3n) is 4.01. The Morgan fingerprint density at radius 2 is 2.12 bits per heavy atom. The Hall–Kier alpha value is -1.18. The van der Waals surface area contributed by atoms with Crippen molar-refractivity contribution in [2.45, 2.75) is 32.2 Å². The molecule has 1 aromatic carbocycles. The van der Waals surface area contributed by atoms with Gasteiger partial charge in [0.25, 0.3) is 0 Å². The van der Waals surface area contributed by atoms with Gasteiger partial charge in [-0.3, -0.25) is 0 Å². The first-order valence-corrected chi connectivity index (χ1v) is 6.44. The largest absolute Gasteiger partial charge is 0.381 e. The second kappa shape index (κ2) is 4.00. The van der Waals surface area contributed by atoms with E-state index >= 15 is 0 Å². The molecule has 0 saturated heterocycles. The van der Waals surface area contributed by atoms with Crippen LogP contribution >= 0.6 is 0 Å². The molecule has 2 nitrogen and oxygen atoms in total. The van der Waals surface area contributed by atoms with Crippen molar-refractivity contribution in [3.8, 4) is 0 Å². The number of rotatable bonds is 2. The summed E-state index contributed by atoms with van der Waals surface area (Å²) >= 11 is 0. The maximum absolute atomic E-state index is 3.51. The minimum Gasteiger partial charge on any atom is -0.381 e. The van der Waals surface area contributed by atoms with Crippen LogP contribution in [0.2, 0.25) is 0 Å². The van der Waals surface area contributed by atoms with Crippen molar-refractivity contribution >= 4 is 11.4 Å². The number of hydrogen-bond acceptors (Lipinski definition) is 2. The van der Waals surface area contributed by atoms with Gasteiger partial charge in [0.1, 0.15) is 0 Å². The van der Waals surface area contributed by atoms with Crippen LogP contribution in [0.15, 0.2) is 24.3 Å². The maximum atomic E-state index is 3.51. The molecule has 16 heavy (non-hydrogen) atoms. The van der Waals surface area contributed by atoms with E-state index in [-0.39, 0.29) is 0 Å². The van der Waals surface area contributed by atoms with E-state index in [1.54, 1.807) is 0 Å². The molecular weight excluding hydrogens is 196 g/mol. The molecule has 0 spiro atoms. The molecule has 1 aromatic rings. The fourth-order valence-corrected chi connectivity index (χ4v) is 2.71. The van der Waals surface area contributed by atoms with Crippen LogP contribution in [0.4, 0.5) is 11.4 Å². The number of hydrogen-bond donors (Lipinski definition) is 1.